The van der Waals surface area contributed by atoms with Gasteiger partial charge in [-0.1, -0.05) is 18.5 Å². The SMILES string of the molecule is CCC(NC(=O)c1ccc(Cl)cc1)[C@H]1[C@@H]2C[C@@H](NC(=O)c3cccnc3C)C[C@@H]21. The summed E-state index contributed by atoms with van der Waals surface area (Å²) in [7, 11) is 0. The minimum atomic E-state index is -0.0459. The molecule has 2 fully saturated rings. The van der Waals surface area contributed by atoms with Gasteiger partial charge in [0.25, 0.3) is 11.8 Å². The topological polar surface area (TPSA) is 71.1 Å². The fourth-order valence-corrected chi connectivity index (χ4v) is 5.04. The molecule has 152 valence electrons. The van der Waals surface area contributed by atoms with Gasteiger partial charge in [-0.3, -0.25) is 14.6 Å². The highest BCUT2D eigenvalue weighted by molar-refractivity contribution is 6.30. The van der Waals surface area contributed by atoms with Crippen molar-refractivity contribution >= 4 is 23.4 Å². The van der Waals surface area contributed by atoms with Gasteiger partial charge in [-0.15, -0.1) is 0 Å². The molecule has 2 amide bonds. The monoisotopic (exact) mass is 411 g/mol. The van der Waals surface area contributed by atoms with E-state index in [2.05, 4.69) is 22.5 Å². The van der Waals surface area contributed by atoms with Crippen LogP contribution in [0.15, 0.2) is 42.6 Å². The lowest BCUT2D eigenvalue weighted by molar-refractivity contribution is 0.0927. The lowest BCUT2D eigenvalue weighted by atomic mass is 9.98. The molecule has 2 N–H and O–H groups in total. The Kier molecular flexibility index (Phi) is 5.59. The molecule has 0 aliphatic heterocycles. The minimum Gasteiger partial charge on any atom is -0.349 e. The predicted octanol–water partition coefficient (Wildman–Crippen LogP) is 4.01. The maximum Gasteiger partial charge on any atom is 0.253 e. The number of nitrogens with zero attached hydrogens (tertiary/aromatic N) is 1. The zero-order valence-electron chi connectivity index (χ0n) is 16.7. The van der Waals surface area contributed by atoms with Crippen LogP contribution < -0.4 is 10.6 Å². The van der Waals surface area contributed by atoms with Gasteiger partial charge in [0.2, 0.25) is 0 Å². The van der Waals surface area contributed by atoms with Gasteiger partial charge < -0.3 is 10.6 Å². The van der Waals surface area contributed by atoms with Crippen LogP contribution in [0.1, 0.15) is 52.6 Å². The van der Waals surface area contributed by atoms with Crippen LogP contribution in [0.4, 0.5) is 0 Å². The van der Waals surface area contributed by atoms with Gasteiger partial charge in [0.15, 0.2) is 0 Å². The number of nitrogens with one attached hydrogen (secondary N) is 2. The summed E-state index contributed by atoms with van der Waals surface area (Å²) in [5, 5.41) is 7.00. The van der Waals surface area contributed by atoms with Crippen molar-refractivity contribution in [2.45, 2.75) is 45.2 Å². The van der Waals surface area contributed by atoms with E-state index in [0.717, 1.165) is 25.0 Å². The van der Waals surface area contributed by atoms with E-state index in [4.69, 9.17) is 11.6 Å². The van der Waals surface area contributed by atoms with Gasteiger partial charge in [-0.25, -0.2) is 0 Å². The number of aromatic nitrogens is 1. The number of rotatable bonds is 6. The summed E-state index contributed by atoms with van der Waals surface area (Å²) in [5.41, 5.74) is 2.03. The number of amides is 2. The van der Waals surface area contributed by atoms with Gasteiger partial charge in [-0.2, -0.15) is 0 Å². The van der Waals surface area contributed by atoms with E-state index in [0.29, 0.717) is 33.9 Å². The van der Waals surface area contributed by atoms with Crippen LogP contribution in [0, 0.1) is 24.7 Å². The average Bonchev–Trinajstić information content (AvgIpc) is 3.20. The van der Waals surface area contributed by atoms with Crippen molar-refractivity contribution in [3.05, 3.63) is 64.4 Å². The molecule has 4 rings (SSSR count). The highest BCUT2D eigenvalue weighted by atomic mass is 35.5. The predicted molar refractivity (Wildman–Crippen MR) is 113 cm³/mol. The molecule has 2 aliphatic rings. The normalized spacial score (nSPS) is 25.8. The number of halogens is 1. The third-order valence-electron chi connectivity index (χ3n) is 6.43. The van der Waals surface area contributed by atoms with E-state index in [1.807, 2.05) is 13.0 Å². The standard InChI is InChI=1S/C23H26ClN3O2/c1-3-20(27-22(28)14-6-8-15(24)9-7-14)21-18-11-16(12-19(18)21)26-23(29)17-5-4-10-25-13(17)2/h4-10,16,18-21H,3,11-12H2,1-2H3,(H,26,29)(H,27,28)/t16-,18-,19+,20?,21+. The summed E-state index contributed by atoms with van der Waals surface area (Å²) < 4.78 is 0. The van der Waals surface area contributed by atoms with Crippen LogP contribution in [-0.4, -0.2) is 28.9 Å². The zero-order chi connectivity index (χ0) is 20.5. The van der Waals surface area contributed by atoms with E-state index >= 15 is 0 Å². The van der Waals surface area contributed by atoms with Crippen LogP contribution in [0.3, 0.4) is 0 Å². The van der Waals surface area contributed by atoms with Crippen LogP contribution in [0.2, 0.25) is 5.02 Å². The Morgan fingerprint density at radius 3 is 2.45 bits per heavy atom. The molecule has 0 radical (unpaired) electrons. The Balaban J connectivity index is 1.31. The first kappa shape index (κ1) is 19.9. The molecule has 6 heteroatoms. The number of aryl methyl sites for hydroxylation is 1. The lowest BCUT2D eigenvalue weighted by Crippen LogP contribution is -2.39. The molecule has 1 heterocycles. The first-order valence-corrected chi connectivity index (χ1v) is 10.6. The van der Waals surface area contributed by atoms with Crippen molar-refractivity contribution < 1.29 is 9.59 Å². The first-order chi connectivity index (χ1) is 14.0. The molecular weight excluding hydrogens is 386 g/mol. The molecule has 1 aromatic carbocycles. The summed E-state index contributed by atoms with van der Waals surface area (Å²) in [6.45, 7) is 3.97. The second-order valence-electron chi connectivity index (χ2n) is 8.18. The average molecular weight is 412 g/mol. The molecule has 29 heavy (non-hydrogen) atoms. The Hall–Kier alpha value is -2.40. The van der Waals surface area contributed by atoms with E-state index < -0.39 is 0 Å². The Labute approximate surface area is 176 Å². The summed E-state index contributed by atoms with van der Waals surface area (Å²) in [4.78, 5) is 29.3. The molecule has 5 atom stereocenters. The molecule has 1 aromatic heterocycles. The van der Waals surface area contributed by atoms with Crippen LogP contribution in [0.5, 0.6) is 0 Å². The maximum atomic E-state index is 12.6. The van der Waals surface area contributed by atoms with Crippen molar-refractivity contribution in [2.24, 2.45) is 17.8 Å². The van der Waals surface area contributed by atoms with Gasteiger partial charge in [-0.05, 0) is 80.3 Å². The number of carbonyl (C=O) groups excluding carboxylic acids is 2. The fraction of sp³-hybridized carbons (Fsp3) is 0.435. The molecule has 1 unspecified atom stereocenters. The summed E-state index contributed by atoms with van der Waals surface area (Å²) in [5.74, 6) is 1.57. The number of benzene rings is 1. The largest absolute Gasteiger partial charge is 0.349 e. The summed E-state index contributed by atoms with van der Waals surface area (Å²) in [6.07, 6.45) is 4.56. The Bertz CT molecular complexity index is 903. The number of hydrogen-bond donors (Lipinski definition) is 2. The third-order valence-corrected chi connectivity index (χ3v) is 6.68. The van der Waals surface area contributed by atoms with Crippen LogP contribution in [-0.2, 0) is 0 Å². The van der Waals surface area contributed by atoms with Crippen LogP contribution in [0.25, 0.3) is 0 Å². The molecular formula is C23H26ClN3O2. The highest BCUT2D eigenvalue weighted by Gasteiger charge is 2.58. The second kappa shape index (κ2) is 8.15. The second-order valence-corrected chi connectivity index (χ2v) is 8.61. The highest BCUT2D eigenvalue weighted by Crippen LogP contribution is 2.59. The van der Waals surface area contributed by atoms with E-state index in [-0.39, 0.29) is 23.9 Å². The van der Waals surface area contributed by atoms with Crippen molar-refractivity contribution in [3.8, 4) is 0 Å². The van der Waals surface area contributed by atoms with Gasteiger partial charge in [0.05, 0.1) is 5.56 Å². The molecule has 0 spiro atoms. The van der Waals surface area contributed by atoms with E-state index in [1.165, 1.54) is 0 Å². The molecule has 2 aromatic rings. The first-order valence-electron chi connectivity index (χ1n) is 10.3. The molecule has 0 saturated heterocycles. The van der Waals surface area contributed by atoms with Gasteiger partial charge >= 0.3 is 0 Å². The smallest absolute Gasteiger partial charge is 0.253 e. The van der Waals surface area contributed by atoms with Crippen molar-refractivity contribution in [3.63, 3.8) is 0 Å². The van der Waals surface area contributed by atoms with Crippen LogP contribution >= 0.6 is 11.6 Å². The third kappa shape index (κ3) is 4.15. The minimum absolute atomic E-state index is 0.0402. The molecule has 0 bridgehead atoms. The van der Waals surface area contributed by atoms with E-state index in [9.17, 15) is 9.59 Å². The Morgan fingerprint density at radius 1 is 1.14 bits per heavy atom. The summed E-state index contributed by atoms with van der Waals surface area (Å²) in [6, 6.07) is 11.0. The maximum absolute atomic E-state index is 12.6. The lowest BCUT2D eigenvalue weighted by Gasteiger charge is -2.22. The Morgan fingerprint density at radius 2 is 1.83 bits per heavy atom. The fourth-order valence-electron chi connectivity index (χ4n) is 4.92. The van der Waals surface area contributed by atoms with Gasteiger partial charge in [0.1, 0.15) is 0 Å². The number of hydrogen-bond acceptors (Lipinski definition) is 3. The number of pyridine rings is 1. The number of fused-ring (bicyclic) bond motifs is 1. The summed E-state index contributed by atoms with van der Waals surface area (Å²) >= 11 is 5.91. The molecule has 5 nitrogen and oxygen atoms in total. The van der Waals surface area contributed by atoms with Crippen molar-refractivity contribution in [1.82, 2.24) is 15.6 Å². The molecule has 2 aliphatic carbocycles. The van der Waals surface area contributed by atoms with Crippen molar-refractivity contribution in [1.29, 1.82) is 0 Å². The quantitative estimate of drug-likeness (QED) is 0.754. The van der Waals surface area contributed by atoms with Crippen molar-refractivity contribution in [2.75, 3.05) is 0 Å². The number of carbonyl (C=O) groups is 2. The zero-order valence-corrected chi connectivity index (χ0v) is 17.4. The molecule has 2 saturated carbocycles. The van der Waals surface area contributed by atoms with E-state index in [1.54, 1.807) is 36.5 Å². The van der Waals surface area contributed by atoms with Gasteiger partial charge in [0, 0.05) is 34.6 Å².